The highest BCUT2D eigenvalue weighted by atomic mass is 19.1. The summed E-state index contributed by atoms with van der Waals surface area (Å²) in [4.78, 5) is 15.3. The van der Waals surface area contributed by atoms with Crippen LogP contribution in [0.3, 0.4) is 0 Å². The Kier molecular flexibility index (Phi) is 6.68. The molecule has 0 N–H and O–H groups in total. The van der Waals surface area contributed by atoms with Crippen molar-refractivity contribution in [3.8, 4) is 6.07 Å². The minimum absolute atomic E-state index is 0.000587. The Morgan fingerprint density at radius 3 is 2.65 bits per heavy atom. The smallest absolute Gasteiger partial charge is 0.223 e. The van der Waals surface area contributed by atoms with Gasteiger partial charge in [-0.15, -0.1) is 0 Å². The van der Waals surface area contributed by atoms with Crippen molar-refractivity contribution in [3.63, 3.8) is 0 Å². The Morgan fingerprint density at radius 2 is 2.00 bits per heavy atom. The van der Waals surface area contributed by atoms with Crippen molar-refractivity contribution in [2.45, 2.75) is 19.4 Å². The summed E-state index contributed by atoms with van der Waals surface area (Å²) >= 11 is 0. The second kappa shape index (κ2) is 8.28. The number of hydrogen-bond acceptors (Lipinski definition) is 3. The van der Waals surface area contributed by atoms with E-state index in [1.165, 1.54) is 6.07 Å². The average molecular weight is 277 g/mol. The molecule has 0 aliphatic rings. The lowest BCUT2D eigenvalue weighted by atomic mass is 10.2. The minimum Gasteiger partial charge on any atom is -0.345 e. The number of amides is 1. The number of carbonyl (C=O) groups excluding carboxylic acids is 1. The zero-order valence-corrected chi connectivity index (χ0v) is 12.0. The lowest BCUT2D eigenvalue weighted by Gasteiger charge is -2.20. The first kappa shape index (κ1) is 16.1. The van der Waals surface area contributed by atoms with Gasteiger partial charge in [0.1, 0.15) is 5.82 Å². The van der Waals surface area contributed by atoms with Gasteiger partial charge in [0.15, 0.2) is 0 Å². The zero-order valence-electron chi connectivity index (χ0n) is 12.0. The molecule has 0 bridgehead atoms. The first-order valence-electron chi connectivity index (χ1n) is 6.57. The van der Waals surface area contributed by atoms with Crippen LogP contribution in [0.5, 0.6) is 0 Å². The number of nitriles is 1. The summed E-state index contributed by atoms with van der Waals surface area (Å²) in [6.45, 7) is 1.48. The van der Waals surface area contributed by atoms with Crippen LogP contribution in [0.2, 0.25) is 0 Å². The van der Waals surface area contributed by atoms with E-state index in [1.807, 2.05) is 18.0 Å². The number of rotatable bonds is 7. The number of halogens is 1. The maximum atomic E-state index is 13.5. The van der Waals surface area contributed by atoms with Crippen LogP contribution >= 0.6 is 0 Å². The molecule has 1 aromatic carbocycles. The molecule has 108 valence electrons. The predicted octanol–water partition coefficient (Wildman–Crippen LogP) is 2.02. The predicted molar refractivity (Wildman–Crippen MR) is 75.2 cm³/mol. The van der Waals surface area contributed by atoms with Gasteiger partial charge in [0.2, 0.25) is 5.91 Å². The molecule has 0 spiro atoms. The number of benzene rings is 1. The molecule has 1 aromatic rings. The molecule has 20 heavy (non-hydrogen) atoms. The van der Waals surface area contributed by atoms with Gasteiger partial charge in [0.25, 0.3) is 0 Å². The highest BCUT2D eigenvalue weighted by molar-refractivity contribution is 5.76. The van der Waals surface area contributed by atoms with Crippen LogP contribution < -0.4 is 0 Å². The van der Waals surface area contributed by atoms with Gasteiger partial charge in [-0.1, -0.05) is 18.2 Å². The topological polar surface area (TPSA) is 47.3 Å². The molecule has 4 nitrogen and oxygen atoms in total. The molecule has 0 atom stereocenters. The lowest BCUT2D eigenvalue weighted by Crippen LogP contribution is -2.31. The van der Waals surface area contributed by atoms with Gasteiger partial charge in [-0.3, -0.25) is 4.79 Å². The summed E-state index contributed by atoms with van der Waals surface area (Å²) in [5, 5.41) is 8.47. The summed E-state index contributed by atoms with van der Waals surface area (Å²) in [5.74, 6) is -0.225. The fraction of sp³-hybridized carbons (Fsp3) is 0.467. The summed E-state index contributed by atoms with van der Waals surface area (Å²) in [5.41, 5.74) is 0.625. The maximum Gasteiger partial charge on any atom is 0.223 e. The van der Waals surface area contributed by atoms with Gasteiger partial charge in [0.05, 0.1) is 12.5 Å². The average Bonchev–Trinajstić information content (AvgIpc) is 2.44. The highest BCUT2D eigenvalue weighted by Gasteiger charge is 2.10. The van der Waals surface area contributed by atoms with Crippen LogP contribution in [-0.2, 0) is 11.3 Å². The van der Waals surface area contributed by atoms with Crippen molar-refractivity contribution in [2.24, 2.45) is 0 Å². The first-order chi connectivity index (χ1) is 9.54. The summed E-state index contributed by atoms with van der Waals surface area (Å²) < 4.78 is 13.5. The van der Waals surface area contributed by atoms with E-state index in [0.29, 0.717) is 38.0 Å². The maximum absolute atomic E-state index is 13.5. The minimum atomic E-state index is -0.225. The van der Waals surface area contributed by atoms with E-state index in [-0.39, 0.29) is 11.7 Å². The molecule has 1 amide bonds. The van der Waals surface area contributed by atoms with Crippen LogP contribution in [0.25, 0.3) is 0 Å². The molecule has 0 fully saturated rings. The molecular weight excluding hydrogens is 257 g/mol. The Bertz CT molecular complexity index is 484. The van der Waals surface area contributed by atoms with Crippen LogP contribution in [-0.4, -0.2) is 42.9 Å². The molecule has 0 radical (unpaired) electrons. The second-order valence-electron chi connectivity index (χ2n) is 4.80. The van der Waals surface area contributed by atoms with Gasteiger partial charge in [0, 0.05) is 38.7 Å². The molecule has 0 aliphatic heterocycles. The van der Waals surface area contributed by atoms with Crippen LogP contribution in [0.15, 0.2) is 24.3 Å². The Labute approximate surface area is 119 Å². The van der Waals surface area contributed by atoms with Crippen molar-refractivity contribution in [3.05, 3.63) is 35.6 Å². The molecule has 0 unspecified atom stereocenters. The lowest BCUT2D eigenvalue weighted by molar-refractivity contribution is -0.130. The van der Waals surface area contributed by atoms with Crippen molar-refractivity contribution in [1.29, 1.82) is 5.26 Å². The molecule has 0 aliphatic carbocycles. The third-order valence-electron chi connectivity index (χ3n) is 3.09. The largest absolute Gasteiger partial charge is 0.345 e. The van der Waals surface area contributed by atoms with Crippen LogP contribution in [0.1, 0.15) is 18.4 Å². The molecule has 0 aromatic heterocycles. The number of nitrogens with zero attached hydrogens (tertiary/aromatic N) is 3. The van der Waals surface area contributed by atoms with Crippen molar-refractivity contribution in [1.82, 2.24) is 9.80 Å². The summed E-state index contributed by atoms with van der Waals surface area (Å²) in [6.07, 6.45) is 0.709. The normalized spacial score (nSPS) is 10.3. The fourth-order valence-electron chi connectivity index (χ4n) is 1.82. The van der Waals surface area contributed by atoms with Gasteiger partial charge < -0.3 is 9.80 Å². The zero-order chi connectivity index (χ0) is 15.0. The Morgan fingerprint density at radius 1 is 1.30 bits per heavy atom. The number of hydrogen-bond donors (Lipinski definition) is 0. The molecule has 0 saturated carbocycles. The molecule has 0 heterocycles. The summed E-state index contributed by atoms with van der Waals surface area (Å²) in [7, 11) is 3.55. The standard InChI is InChI=1S/C15H20FN3O/c1-18(12-13-6-3-4-7-14(13)16)11-8-15(20)19(2)10-5-9-17/h3-4,6-7H,5,8,10-12H2,1-2H3. The van der Waals surface area contributed by atoms with Crippen molar-refractivity contribution >= 4 is 5.91 Å². The van der Waals surface area contributed by atoms with E-state index in [2.05, 4.69) is 0 Å². The van der Waals surface area contributed by atoms with E-state index in [4.69, 9.17) is 5.26 Å². The Hall–Kier alpha value is -1.93. The monoisotopic (exact) mass is 277 g/mol. The van der Waals surface area contributed by atoms with E-state index in [0.717, 1.165) is 0 Å². The van der Waals surface area contributed by atoms with Crippen LogP contribution in [0.4, 0.5) is 4.39 Å². The van der Waals surface area contributed by atoms with Gasteiger partial charge >= 0.3 is 0 Å². The van der Waals surface area contributed by atoms with Gasteiger partial charge in [-0.05, 0) is 13.1 Å². The SMILES string of the molecule is CN(CCC(=O)N(C)CCC#N)Cc1ccccc1F. The van der Waals surface area contributed by atoms with E-state index < -0.39 is 0 Å². The molecule has 5 heteroatoms. The molecular formula is C15H20FN3O. The van der Waals surface area contributed by atoms with E-state index in [9.17, 15) is 9.18 Å². The van der Waals surface area contributed by atoms with E-state index in [1.54, 1.807) is 30.1 Å². The van der Waals surface area contributed by atoms with Gasteiger partial charge in [-0.25, -0.2) is 4.39 Å². The Balaban J connectivity index is 2.36. The molecule has 0 saturated heterocycles. The van der Waals surface area contributed by atoms with Crippen molar-refractivity contribution in [2.75, 3.05) is 27.2 Å². The fourth-order valence-corrected chi connectivity index (χ4v) is 1.82. The van der Waals surface area contributed by atoms with Crippen molar-refractivity contribution < 1.29 is 9.18 Å². The van der Waals surface area contributed by atoms with E-state index >= 15 is 0 Å². The third-order valence-corrected chi connectivity index (χ3v) is 3.09. The quantitative estimate of drug-likeness (QED) is 0.766. The summed E-state index contributed by atoms with van der Waals surface area (Å²) in [6, 6.07) is 8.65. The first-order valence-corrected chi connectivity index (χ1v) is 6.57. The van der Waals surface area contributed by atoms with Crippen LogP contribution in [0, 0.1) is 17.1 Å². The second-order valence-corrected chi connectivity index (χ2v) is 4.80. The highest BCUT2D eigenvalue weighted by Crippen LogP contribution is 2.09. The number of carbonyl (C=O) groups is 1. The van der Waals surface area contributed by atoms with Gasteiger partial charge in [-0.2, -0.15) is 5.26 Å². The third kappa shape index (κ3) is 5.37. The molecule has 1 rings (SSSR count).